The fraction of sp³-hybridized carbons (Fsp3) is 0.471. The Morgan fingerprint density at radius 2 is 2.12 bits per heavy atom. The van der Waals surface area contributed by atoms with Crippen LogP contribution in [0.3, 0.4) is 0 Å². The van der Waals surface area contributed by atoms with Crippen molar-refractivity contribution < 1.29 is 0 Å². The summed E-state index contributed by atoms with van der Waals surface area (Å²) < 4.78 is 3.85. The van der Waals surface area contributed by atoms with Gasteiger partial charge in [-0.1, -0.05) is 0 Å². The molecule has 0 aliphatic carbocycles. The number of aryl methyl sites for hydroxylation is 1. The molecule has 3 aromatic heterocycles. The highest BCUT2D eigenvalue weighted by molar-refractivity contribution is 7.15. The van der Waals surface area contributed by atoms with Crippen molar-refractivity contribution in [1.82, 2.24) is 23.8 Å². The number of fused-ring (bicyclic) bond motifs is 1. The Balaban J connectivity index is 1.37. The van der Waals surface area contributed by atoms with Gasteiger partial charge >= 0.3 is 0 Å². The number of piperidine rings is 1. The van der Waals surface area contributed by atoms with Gasteiger partial charge < -0.3 is 4.57 Å². The molecule has 0 aromatic carbocycles. The van der Waals surface area contributed by atoms with Crippen LogP contribution in [0.4, 0.5) is 0 Å². The molecule has 4 rings (SSSR count). The van der Waals surface area contributed by atoms with E-state index in [2.05, 4.69) is 32.6 Å². The molecule has 1 fully saturated rings. The number of imidazole rings is 1. The van der Waals surface area contributed by atoms with Gasteiger partial charge in [0.05, 0.1) is 5.69 Å². The number of rotatable bonds is 4. The highest BCUT2D eigenvalue weighted by Crippen LogP contribution is 2.21. The van der Waals surface area contributed by atoms with Crippen LogP contribution in [0.1, 0.15) is 24.4 Å². The Morgan fingerprint density at radius 1 is 1.29 bits per heavy atom. The van der Waals surface area contributed by atoms with Gasteiger partial charge in [0, 0.05) is 43.1 Å². The van der Waals surface area contributed by atoms with Gasteiger partial charge in [0.15, 0.2) is 4.96 Å². The second kappa shape index (κ2) is 6.49. The lowest BCUT2D eigenvalue weighted by molar-refractivity contribution is 0.165. The van der Waals surface area contributed by atoms with Crippen molar-refractivity contribution in [2.24, 2.45) is 5.92 Å². The molecule has 0 saturated carbocycles. The molecule has 0 amide bonds. The minimum Gasteiger partial charge on any atom is -0.335 e. The molecule has 1 aliphatic heterocycles. The van der Waals surface area contributed by atoms with Crippen LogP contribution in [0.25, 0.3) is 4.96 Å². The quantitative estimate of drug-likeness (QED) is 0.728. The first kappa shape index (κ1) is 15.5. The van der Waals surface area contributed by atoms with Crippen molar-refractivity contribution in [2.75, 3.05) is 13.1 Å². The van der Waals surface area contributed by atoms with Crippen molar-refractivity contribution >= 4 is 16.3 Å². The van der Waals surface area contributed by atoms with E-state index < -0.39 is 0 Å². The molecule has 24 heavy (non-hydrogen) atoms. The summed E-state index contributed by atoms with van der Waals surface area (Å²) in [4.78, 5) is 24.2. The summed E-state index contributed by atoms with van der Waals surface area (Å²) >= 11 is 1.51. The van der Waals surface area contributed by atoms with Crippen LogP contribution in [-0.2, 0) is 13.1 Å². The smallest absolute Gasteiger partial charge is 0.258 e. The van der Waals surface area contributed by atoms with Crippen molar-refractivity contribution in [2.45, 2.75) is 32.9 Å². The second-order valence-corrected chi connectivity index (χ2v) is 7.36. The zero-order valence-electron chi connectivity index (χ0n) is 13.8. The summed E-state index contributed by atoms with van der Waals surface area (Å²) in [5.41, 5.74) is 0.896. The number of nitrogens with zero attached hydrogens (tertiary/aromatic N) is 5. The van der Waals surface area contributed by atoms with E-state index in [0.717, 1.165) is 42.7 Å². The minimum atomic E-state index is 0.0155. The molecular weight excluding hydrogens is 322 g/mol. The van der Waals surface area contributed by atoms with E-state index >= 15 is 0 Å². The zero-order chi connectivity index (χ0) is 16.5. The van der Waals surface area contributed by atoms with Crippen LogP contribution in [-0.4, -0.2) is 36.9 Å². The summed E-state index contributed by atoms with van der Waals surface area (Å²) in [5, 5.41) is 1.90. The summed E-state index contributed by atoms with van der Waals surface area (Å²) in [7, 11) is 0. The van der Waals surface area contributed by atoms with E-state index in [4.69, 9.17) is 0 Å². The van der Waals surface area contributed by atoms with Crippen LogP contribution < -0.4 is 5.56 Å². The van der Waals surface area contributed by atoms with Crippen LogP contribution >= 0.6 is 11.3 Å². The molecule has 0 atom stereocenters. The summed E-state index contributed by atoms with van der Waals surface area (Å²) in [6.07, 6.45) is 8.07. The molecule has 0 unspecified atom stereocenters. The van der Waals surface area contributed by atoms with E-state index in [9.17, 15) is 4.79 Å². The first-order valence-electron chi connectivity index (χ1n) is 8.35. The van der Waals surface area contributed by atoms with Crippen molar-refractivity contribution in [3.05, 3.63) is 51.9 Å². The topological polar surface area (TPSA) is 55.4 Å². The first-order chi connectivity index (χ1) is 11.7. The number of likely N-dealkylation sites (tertiary alicyclic amines) is 1. The average Bonchev–Trinajstić information content (AvgIpc) is 3.19. The highest BCUT2D eigenvalue weighted by atomic mass is 32.1. The van der Waals surface area contributed by atoms with Crippen molar-refractivity contribution in [3.63, 3.8) is 0 Å². The Bertz CT molecular complexity index is 888. The summed E-state index contributed by atoms with van der Waals surface area (Å²) in [6, 6.07) is 1.67. The minimum absolute atomic E-state index is 0.0155. The third-order valence-electron chi connectivity index (χ3n) is 4.83. The third kappa shape index (κ3) is 3.14. The molecule has 6 nitrogen and oxygen atoms in total. The predicted octanol–water partition coefficient (Wildman–Crippen LogP) is 2.17. The highest BCUT2D eigenvalue weighted by Gasteiger charge is 2.20. The van der Waals surface area contributed by atoms with Gasteiger partial charge in [-0.05, 0) is 38.8 Å². The maximum atomic E-state index is 12.1. The zero-order valence-corrected chi connectivity index (χ0v) is 14.6. The first-order valence-corrected chi connectivity index (χ1v) is 9.23. The fourth-order valence-corrected chi connectivity index (χ4v) is 4.14. The number of hydrogen-bond acceptors (Lipinski definition) is 5. The van der Waals surface area contributed by atoms with Crippen molar-refractivity contribution in [1.29, 1.82) is 0 Å². The standard InChI is InChI=1S/C17H21N5OS/c1-13-18-4-7-21(13)11-14-2-5-20(6-3-14)12-15-10-16(23)22-8-9-24-17(22)19-15/h4,7-10,14H,2-3,5-6,11-12H2,1H3. The molecule has 4 heterocycles. The van der Waals surface area contributed by atoms with E-state index in [-0.39, 0.29) is 5.56 Å². The SMILES string of the molecule is Cc1nccn1CC1CCN(Cc2cc(=O)n3ccsc3n2)CC1. The number of aromatic nitrogens is 4. The monoisotopic (exact) mass is 343 g/mol. The van der Waals surface area contributed by atoms with Gasteiger partial charge in [-0.15, -0.1) is 11.3 Å². The molecule has 126 valence electrons. The Morgan fingerprint density at radius 3 is 2.88 bits per heavy atom. The molecule has 1 aliphatic rings. The van der Waals surface area contributed by atoms with Crippen LogP contribution in [0.15, 0.2) is 34.8 Å². The Kier molecular flexibility index (Phi) is 4.20. The van der Waals surface area contributed by atoms with Crippen molar-refractivity contribution in [3.8, 4) is 0 Å². The van der Waals surface area contributed by atoms with Crippen LogP contribution in [0, 0.1) is 12.8 Å². The number of thiazole rings is 1. The molecular formula is C17H21N5OS. The van der Waals surface area contributed by atoms with Gasteiger partial charge in [-0.2, -0.15) is 0 Å². The molecule has 3 aromatic rings. The van der Waals surface area contributed by atoms with Crippen LogP contribution in [0.5, 0.6) is 0 Å². The maximum Gasteiger partial charge on any atom is 0.258 e. The second-order valence-electron chi connectivity index (χ2n) is 6.49. The fourth-order valence-electron chi connectivity index (χ4n) is 3.40. The average molecular weight is 343 g/mol. The van der Waals surface area contributed by atoms with E-state index in [1.807, 2.05) is 11.6 Å². The van der Waals surface area contributed by atoms with Crippen LogP contribution in [0.2, 0.25) is 0 Å². The lowest BCUT2D eigenvalue weighted by Crippen LogP contribution is -2.35. The lowest BCUT2D eigenvalue weighted by Gasteiger charge is -2.32. The van der Waals surface area contributed by atoms with Gasteiger partial charge in [-0.3, -0.25) is 14.1 Å². The molecule has 7 heteroatoms. The van der Waals surface area contributed by atoms with Gasteiger partial charge in [-0.25, -0.2) is 9.97 Å². The summed E-state index contributed by atoms with van der Waals surface area (Å²) in [6.45, 7) is 5.99. The van der Waals surface area contributed by atoms with Gasteiger partial charge in [0.1, 0.15) is 5.82 Å². The van der Waals surface area contributed by atoms with E-state index in [1.54, 1.807) is 16.7 Å². The third-order valence-corrected chi connectivity index (χ3v) is 5.58. The maximum absolute atomic E-state index is 12.1. The molecule has 1 saturated heterocycles. The largest absolute Gasteiger partial charge is 0.335 e. The molecule has 0 spiro atoms. The Hall–Kier alpha value is -1.99. The summed E-state index contributed by atoms with van der Waals surface area (Å²) in [5.74, 6) is 1.79. The molecule has 0 N–H and O–H groups in total. The molecule has 0 radical (unpaired) electrons. The normalized spacial score (nSPS) is 16.9. The Labute approximate surface area is 144 Å². The van der Waals surface area contributed by atoms with Gasteiger partial charge in [0.2, 0.25) is 0 Å². The van der Waals surface area contributed by atoms with E-state index in [1.165, 1.54) is 24.2 Å². The lowest BCUT2D eigenvalue weighted by atomic mass is 9.96. The van der Waals surface area contributed by atoms with Gasteiger partial charge in [0.25, 0.3) is 5.56 Å². The van der Waals surface area contributed by atoms with E-state index in [0.29, 0.717) is 5.92 Å². The number of hydrogen-bond donors (Lipinski definition) is 0. The predicted molar refractivity (Wildman–Crippen MR) is 94.3 cm³/mol. The molecule has 0 bridgehead atoms.